The maximum Gasteiger partial charge on any atom is 0.311 e. The zero-order valence-electron chi connectivity index (χ0n) is 11.3. The van der Waals surface area contributed by atoms with E-state index in [1.807, 2.05) is 6.92 Å². The summed E-state index contributed by atoms with van der Waals surface area (Å²) in [5.74, 6) is -0.343. The van der Waals surface area contributed by atoms with Gasteiger partial charge in [-0.1, -0.05) is 19.1 Å². The molecule has 0 N–H and O–H groups in total. The van der Waals surface area contributed by atoms with Gasteiger partial charge in [-0.3, -0.25) is 10.1 Å². The molecule has 0 radical (unpaired) electrons. The summed E-state index contributed by atoms with van der Waals surface area (Å²) in [6.45, 7) is 1.90. The first-order valence-electron chi connectivity index (χ1n) is 6.35. The summed E-state index contributed by atoms with van der Waals surface area (Å²) in [5.41, 5.74) is 0.845. The van der Waals surface area contributed by atoms with Crippen LogP contribution in [0.2, 0.25) is 0 Å². The van der Waals surface area contributed by atoms with Gasteiger partial charge in [0.15, 0.2) is 0 Å². The first kappa shape index (κ1) is 15.3. The van der Waals surface area contributed by atoms with Crippen molar-refractivity contribution >= 4 is 17.3 Å². The quantitative estimate of drug-likeness (QED) is 0.451. The van der Waals surface area contributed by atoms with Crippen LogP contribution in [0, 0.1) is 15.9 Å². The maximum atomic E-state index is 13.6. The summed E-state index contributed by atoms with van der Waals surface area (Å²) < 4.78 is 19.1. The number of nitrogens with zero attached hydrogens (tertiary/aromatic N) is 1. The summed E-state index contributed by atoms with van der Waals surface area (Å²) >= 11 is 5.70. The van der Waals surface area contributed by atoms with Gasteiger partial charge >= 0.3 is 5.69 Å². The second-order valence-electron chi connectivity index (χ2n) is 4.36. The average molecular weight is 310 g/mol. The zero-order chi connectivity index (χ0) is 15.4. The normalized spacial score (nSPS) is 10.4. The lowest BCUT2D eigenvalue weighted by atomic mass is 10.1. The van der Waals surface area contributed by atoms with E-state index in [1.54, 1.807) is 6.07 Å². The summed E-state index contributed by atoms with van der Waals surface area (Å²) in [7, 11) is 0. The van der Waals surface area contributed by atoms with E-state index in [4.69, 9.17) is 16.3 Å². The van der Waals surface area contributed by atoms with Gasteiger partial charge in [0.1, 0.15) is 11.6 Å². The molecule has 2 rings (SSSR count). The third kappa shape index (κ3) is 3.31. The van der Waals surface area contributed by atoms with Crippen molar-refractivity contribution in [1.82, 2.24) is 0 Å². The van der Waals surface area contributed by atoms with Crippen LogP contribution in [-0.2, 0) is 12.3 Å². The highest BCUT2D eigenvalue weighted by Crippen LogP contribution is 2.35. The molecular weight excluding hydrogens is 297 g/mol. The van der Waals surface area contributed by atoms with Gasteiger partial charge in [0, 0.05) is 11.6 Å². The molecule has 4 nitrogen and oxygen atoms in total. The fourth-order valence-electron chi connectivity index (χ4n) is 1.89. The number of halogens is 2. The summed E-state index contributed by atoms with van der Waals surface area (Å²) in [6.07, 6.45) is 0.675. The van der Waals surface area contributed by atoms with Crippen LogP contribution in [0.3, 0.4) is 0 Å². The lowest BCUT2D eigenvalue weighted by Gasteiger charge is -2.11. The maximum absolute atomic E-state index is 13.6. The number of nitro groups is 1. The van der Waals surface area contributed by atoms with E-state index in [2.05, 4.69) is 0 Å². The smallest absolute Gasteiger partial charge is 0.311 e. The predicted molar refractivity (Wildman–Crippen MR) is 78.5 cm³/mol. The molecule has 0 fully saturated rings. The molecule has 2 aromatic carbocycles. The van der Waals surface area contributed by atoms with E-state index >= 15 is 0 Å². The molecule has 0 spiro atoms. The minimum atomic E-state index is -0.520. The van der Waals surface area contributed by atoms with Gasteiger partial charge in [0.2, 0.25) is 5.75 Å². The molecule has 2 aromatic rings. The second kappa shape index (κ2) is 6.54. The topological polar surface area (TPSA) is 52.4 Å². The van der Waals surface area contributed by atoms with Crippen LogP contribution in [0.25, 0.3) is 0 Å². The van der Waals surface area contributed by atoms with E-state index in [9.17, 15) is 14.5 Å². The predicted octanol–water partition coefficient (Wildman–Crippen LogP) is 4.83. The SMILES string of the molecule is CCc1ccc(Oc2cccc(F)c2CCl)c([N+](=O)[O-])c1. The fraction of sp³-hybridized carbons (Fsp3) is 0.200. The molecule has 0 unspecified atom stereocenters. The van der Waals surface area contributed by atoms with Gasteiger partial charge in [-0.2, -0.15) is 0 Å². The Morgan fingerprint density at radius 3 is 2.67 bits per heavy atom. The van der Waals surface area contributed by atoms with E-state index in [1.165, 1.54) is 30.3 Å². The molecular formula is C15H13ClFNO3. The highest BCUT2D eigenvalue weighted by Gasteiger charge is 2.18. The van der Waals surface area contributed by atoms with Crippen molar-refractivity contribution < 1.29 is 14.1 Å². The van der Waals surface area contributed by atoms with Crippen molar-refractivity contribution in [2.24, 2.45) is 0 Å². The summed E-state index contributed by atoms with van der Waals surface area (Å²) in [4.78, 5) is 10.6. The Balaban J connectivity index is 2.44. The molecule has 0 heterocycles. The Bertz CT molecular complexity index is 676. The first-order valence-corrected chi connectivity index (χ1v) is 6.88. The van der Waals surface area contributed by atoms with Crippen molar-refractivity contribution in [3.8, 4) is 11.5 Å². The zero-order valence-corrected chi connectivity index (χ0v) is 12.1. The molecule has 110 valence electrons. The van der Waals surface area contributed by atoms with Crippen LogP contribution in [-0.4, -0.2) is 4.92 Å². The standard InChI is InChI=1S/C15H13ClFNO3/c1-2-10-6-7-15(13(8-10)18(19)20)21-14-5-3-4-12(17)11(14)9-16/h3-8H,2,9H2,1H3. The van der Waals surface area contributed by atoms with Gasteiger partial charge < -0.3 is 4.74 Å². The molecule has 0 atom stereocenters. The van der Waals surface area contributed by atoms with Crippen molar-refractivity contribution in [2.45, 2.75) is 19.2 Å². The Morgan fingerprint density at radius 1 is 1.29 bits per heavy atom. The third-order valence-electron chi connectivity index (χ3n) is 3.06. The Hall–Kier alpha value is -2.14. The molecule has 0 saturated heterocycles. The number of hydrogen-bond donors (Lipinski definition) is 0. The Labute approximate surface area is 126 Å². The molecule has 0 saturated carbocycles. The molecule has 6 heteroatoms. The van der Waals surface area contributed by atoms with Crippen LogP contribution in [0.15, 0.2) is 36.4 Å². The lowest BCUT2D eigenvalue weighted by molar-refractivity contribution is -0.385. The first-order chi connectivity index (χ1) is 10.1. The van der Waals surface area contributed by atoms with Crippen molar-refractivity contribution in [1.29, 1.82) is 0 Å². The third-order valence-corrected chi connectivity index (χ3v) is 3.32. The molecule has 0 aromatic heterocycles. The summed E-state index contributed by atoms with van der Waals surface area (Å²) in [5, 5.41) is 11.1. The van der Waals surface area contributed by atoms with E-state index in [-0.39, 0.29) is 28.6 Å². The average Bonchev–Trinajstić information content (AvgIpc) is 2.47. The lowest BCUT2D eigenvalue weighted by Crippen LogP contribution is -1.98. The van der Waals surface area contributed by atoms with Crippen LogP contribution >= 0.6 is 11.6 Å². The molecule has 0 amide bonds. The second-order valence-corrected chi connectivity index (χ2v) is 4.63. The van der Waals surface area contributed by atoms with E-state index in [0.717, 1.165) is 5.56 Å². The van der Waals surface area contributed by atoms with Crippen molar-refractivity contribution in [3.05, 3.63) is 63.5 Å². The van der Waals surface area contributed by atoms with E-state index < -0.39 is 10.7 Å². The van der Waals surface area contributed by atoms with Crippen molar-refractivity contribution in [2.75, 3.05) is 0 Å². The number of aryl methyl sites for hydroxylation is 1. The molecule has 0 aliphatic heterocycles. The van der Waals surface area contributed by atoms with Gasteiger partial charge in [-0.05, 0) is 30.2 Å². The van der Waals surface area contributed by atoms with Crippen LogP contribution in [0.4, 0.5) is 10.1 Å². The number of benzene rings is 2. The monoisotopic (exact) mass is 309 g/mol. The van der Waals surface area contributed by atoms with Crippen molar-refractivity contribution in [3.63, 3.8) is 0 Å². The number of alkyl halides is 1. The highest BCUT2D eigenvalue weighted by atomic mass is 35.5. The van der Waals surface area contributed by atoms with Crippen LogP contribution in [0.1, 0.15) is 18.1 Å². The van der Waals surface area contributed by atoms with Gasteiger partial charge in [-0.25, -0.2) is 4.39 Å². The number of nitro benzene ring substituents is 1. The minimum Gasteiger partial charge on any atom is -0.450 e. The number of hydrogen-bond acceptors (Lipinski definition) is 3. The van der Waals surface area contributed by atoms with Gasteiger partial charge in [0.05, 0.1) is 10.8 Å². The van der Waals surface area contributed by atoms with Gasteiger partial charge in [0.25, 0.3) is 0 Å². The fourth-order valence-corrected chi connectivity index (χ4v) is 2.15. The molecule has 21 heavy (non-hydrogen) atoms. The largest absolute Gasteiger partial charge is 0.450 e. The van der Waals surface area contributed by atoms with Gasteiger partial charge in [-0.15, -0.1) is 11.6 Å². The number of ether oxygens (including phenoxy) is 1. The molecule has 0 bridgehead atoms. The minimum absolute atomic E-state index is 0.0640. The Morgan fingerprint density at radius 2 is 2.05 bits per heavy atom. The molecule has 0 aliphatic carbocycles. The Kier molecular flexibility index (Phi) is 4.75. The van der Waals surface area contributed by atoms with Crippen LogP contribution in [0.5, 0.6) is 11.5 Å². The molecule has 0 aliphatic rings. The van der Waals surface area contributed by atoms with Crippen LogP contribution < -0.4 is 4.74 Å². The van der Waals surface area contributed by atoms with E-state index in [0.29, 0.717) is 6.42 Å². The highest BCUT2D eigenvalue weighted by molar-refractivity contribution is 6.17. The summed E-state index contributed by atoms with van der Waals surface area (Å²) in [6, 6.07) is 8.96. The number of rotatable bonds is 5.